The van der Waals surface area contributed by atoms with Crippen LogP contribution in [0.1, 0.15) is 37.7 Å². The lowest BCUT2D eigenvalue weighted by Gasteiger charge is -2.19. The molecule has 2 aliphatic carbocycles. The van der Waals surface area contributed by atoms with Crippen LogP contribution in [0.25, 0.3) is 0 Å². The second-order valence-electron chi connectivity index (χ2n) is 6.78. The standard InChI is InChI=1S/C18H24N2O3/c21-17(22)9-8-14(10-12-4-2-1-3-5-12)19-18(23)20-16-11-15(16)13-6-7-13/h1-5,13-16H,6-11H2,(H,21,22)(H2,19,20,23)/t14?,15-,16+/m0/s1. The van der Waals surface area contributed by atoms with E-state index in [-0.39, 0.29) is 18.5 Å². The fourth-order valence-electron chi connectivity index (χ4n) is 3.24. The zero-order chi connectivity index (χ0) is 16.2. The summed E-state index contributed by atoms with van der Waals surface area (Å²) < 4.78 is 0. The van der Waals surface area contributed by atoms with Crippen LogP contribution in [0.2, 0.25) is 0 Å². The molecule has 3 atom stereocenters. The van der Waals surface area contributed by atoms with Crippen molar-refractivity contribution < 1.29 is 14.7 Å². The molecular formula is C18H24N2O3. The van der Waals surface area contributed by atoms with Crippen LogP contribution in [0.4, 0.5) is 4.79 Å². The molecule has 5 nitrogen and oxygen atoms in total. The predicted octanol–water partition coefficient (Wildman–Crippen LogP) is 2.56. The Kier molecular flexibility index (Phi) is 4.84. The van der Waals surface area contributed by atoms with Crippen molar-refractivity contribution >= 4 is 12.0 Å². The molecule has 23 heavy (non-hydrogen) atoms. The van der Waals surface area contributed by atoms with Crippen LogP contribution in [-0.4, -0.2) is 29.2 Å². The van der Waals surface area contributed by atoms with Gasteiger partial charge in [-0.25, -0.2) is 4.79 Å². The molecule has 2 saturated carbocycles. The summed E-state index contributed by atoms with van der Waals surface area (Å²) in [6.45, 7) is 0. The van der Waals surface area contributed by atoms with Crippen molar-refractivity contribution in [3.8, 4) is 0 Å². The average Bonchev–Trinajstić information content (AvgIpc) is 3.39. The molecule has 3 rings (SSSR count). The highest BCUT2D eigenvalue weighted by atomic mass is 16.4. The Hall–Kier alpha value is -2.04. The molecule has 1 aromatic carbocycles. The molecule has 0 aromatic heterocycles. The summed E-state index contributed by atoms with van der Waals surface area (Å²) in [5.74, 6) is 0.668. The number of rotatable bonds is 8. The highest BCUT2D eigenvalue weighted by Gasteiger charge is 2.48. The Bertz CT molecular complexity index is 557. The lowest BCUT2D eigenvalue weighted by Crippen LogP contribution is -2.44. The molecule has 1 aromatic rings. The summed E-state index contributed by atoms with van der Waals surface area (Å²) in [4.78, 5) is 23.0. The lowest BCUT2D eigenvalue weighted by molar-refractivity contribution is -0.137. The first-order valence-corrected chi connectivity index (χ1v) is 8.44. The molecule has 0 spiro atoms. The van der Waals surface area contributed by atoms with Crippen molar-refractivity contribution in [3.63, 3.8) is 0 Å². The van der Waals surface area contributed by atoms with Crippen LogP contribution in [0.15, 0.2) is 30.3 Å². The van der Waals surface area contributed by atoms with Gasteiger partial charge in [-0.2, -0.15) is 0 Å². The van der Waals surface area contributed by atoms with Gasteiger partial charge < -0.3 is 15.7 Å². The van der Waals surface area contributed by atoms with Crippen LogP contribution < -0.4 is 10.6 Å². The van der Waals surface area contributed by atoms with E-state index < -0.39 is 5.97 Å². The molecule has 2 fully saturated rings. The van der Waals surface area contributed by atoms with Gasteiger partial charge in [0.15, 0.2) is 0 Å². The second-order valence-corrected chi connectivity index (χ2v) is 6.78. The van der Waals surface area contributed by atoms with Gasteiger partial charge in [-0.1, -0.05) is 30.3 Å². The van der Waals surface area contributed by atoms with Gasteiger partial charge in [0, 0.05) is 18.5 Å². The van der Waals surface area contributed by atoms with Crippen molar-refractivity contribution in [1.82, 2.24) is 10.6 Å². The molecule has 2 aliphatic rings. The number of hydrogen-bond acceptors (Lipinski definition) is 2. The third-order valence-corrected chi connectivity index (χ3v) is 4.75. The van der Waals surface area contributed by atoms with Crippen LogP contribution >= 0.6 is 0 Å². The molecule has 5 heteroatoms. The van der Waals surface area contributed by atoms with Crippen molar-refractivity contribution in [1.29, 1.82) is 0 Å². The predicted molar refractivity (Wildman–Crippen MR) is 87.1 cm³/mol. The van der Waals surface area contributed by atoms with Crippen molar-refractivity contribution in [3.05, 3.63) is 35.9 Å². The van der Waals surface area contributed by atoms with Gasteiger partial charge in [-0.3, -0.25) is 4.79 Å². The molecule has 2 amide bonds. The first kappa shape index (κ1) is 15.8. The maximum absolute atomic E-state index is 12.2. The normalized spacial score (nSPS) is 23.8. The van der Waals surface area contributed by atoms with Crippen molar-refractivity contribution in [2.45, 2.75) is 50.6 Å². The third-order valence-electron chi connectivity index (χ3n) is 4.75. The Morgan fingerprint density at radius 3 is 2.61 bits per heavy atom. The molecule has 0 radical (unpaired) electrons. The van der Waals surface area contributed by atoms with E-state index >= 15 is 0 Å². The van der Waals surface area contributed by atoms with Gasteiger partial charge in [-0.15, -0.1) is 0 Å². The number of hydrogen-bond donors (Lipinski definition) is 3. The minimum Gasteiger partial charge on any atom is -0.481 e. The maximum atomic E-state index is 12.2. The number of nitrogens with one attached hydrogen (secondary N) is 2. The zero-order valence-corrected chi connectivity index (χ0v) is 13.2. The Morgan fingerprint density at radius 2 is 1.96 bits per heavy atom. The van der Waals surface area contributed by atoms with Crippen LogP contribution in [0.3, 0.4) is 0 Å². The monoisotopic (exact) mass is 316 g/mol. The van der Waals surface area contributed by atoms with E-state index in [1.54, 1.807) is 0 Å². The molecule has 0 aliphatic heterocycles. The fourth-order valence-corrected chi connectivity index (χ4v) is 3.24. The largest absolute Gasteiger partial charge is 0.481 e. The molecule has 0 heterocycles. The van der Waals surface area contributed by atoms with Gasteiger partial charge >= 0.3 is 12.0 Å². The highest BCUT2D eigenvalue weighted by Crippen LogP contribution is 2.49. The van der Waals surface area contributed by atoms with Gasteiger partial charge in [0.1, 0.15) is 0 Å². The first-order chi connectivity index (χ1) is 11.1. The topological polar surface area (TPSA) is 78.4 Å². The number of urea groups is 1. The number of carboxylic acid groups (broad SMARTS) is 1. The van der Waals surface area contributed by atoms with Crippen LogP contribution in [0.5, 0.6) is 0 Å². The SMILES string of the molecule is O=C(O)CCC(Cc1ccccc1)NC(=O)N[C@@H]1C[C@H]1C1CC1. The maximum Gasteiger partial charge on any atom is 0.315 e. The summed E-state index contributed by atoms with van der Waals surface area (Å²) in [5.41, 5.74) is 1.10. The highest BCUT2D eigenvalue weighted by molar-refractivity contribution is 5.75. The Labute approximate surface area is 136 Å². The molecule has 0 bridgehead atoms. The average molecular weight is 316 g/mol. The summed E-state index contributed by atoms with van der Waals surface area (Å²) in [7, 11) is 0. The van der Waals surface area contributed by atoms with Gasteiger partial charge in [0.05, 0.1) is 0 Å². The number of carboxylic acids is 1. The summed E-state index contributed by atoms with van der Waals surface area (Å²) >= 11 is 0. The molecular weight excluding hydrogens is 292 g/mol. The van der Waals surface area contributed by atoms with E-state index in [9.17, 15) is 9.59 Å². The van der Waals surface area contributed by atoms with Crippen molar-refractivity contribution in [2.24, 2.45) is 11.8 Å². The fraction of sp³-hybridized carbons (Fsp3) is 0.556. The number of benzene rings is 1. The number of carbonyl (C=O) groups excluding carboxylic acids is 1. The number of carbonyl (C=O) groups is 2. The molecule has 1 unspecified atom stereocenters. The van der Waals surface area contributed by atoms with E-state index in [1.807, 2.05) is 30.3 Å². The van der Waals surface area contributed by atoms with E-state index in [0.717, 1.165) is 17.9 Å². The molecule has 124 valence electrons. The zero-order valence-electron chi connectivity index (χ0n) is 13.2. The van der Waals surface area contributed by atoms with E-state index in [0.29, 0.717) is 24.8 Å². The minimum atomic E-state index is -0.832. The quantitative estimate of drug-likeness (QED) is 0.689. The lowest BCUT2D eigenvalue weighted by atomic mass is 10.0. The van der Waals surface area contributed by atoms with Gasteiger partial charge in [-0.05, 0) is 49.5 Å². The third kappa shape index (κ3) is 4.98. The second kappa shape index (κ2) is 7.02. The van der Waals surface area contributed by atoms with E-state index in [4.69, 9.17) is 5.11 Å². The van der Waals surface area contributed by atoms with E-state index in [2.05, 4.69) is 10.6 Å². The summed E-state index contributed by atoms with van der Waals surface area (Å²) in [5, 5.41) is 14.9. The number of amides is 2. The Morgan fingerprint density at radius 1 is 1.22 bits per heavy atom. The Balaban J connectivity index is 1.49. The van der Waals surface area contributed by atoms with Gasteiger partial charge in [0.25, 0.3) is 0 Å². The van der Waals surface area contributed by atoms with Gasteiger partial charge in [0.2, 0.25) is 0 Å². The first-order valence-electron chi connectivity index (χ1n) is 8.44. The van der Waals surface area contributed by atoms with Crippen molar-refractivity contribution in [2.75, 3.05) is 0 Å². The minimum absolute atomic E-state index is 0.0614. The van der Waals surface area contributed by atoms with Crippen LogP contribution in [-0.2, 0) is 11.2 Å². The van der Waals surface area contributed by atoms with Crippen LogP contribution in [0, 0.1) is 11.8 Å². The van der Waals surface area contributed by atoms with E-state index in [1.165, 1.54) is 12.8 Å². The molecule has 0 saturated heterocycles. The molecule has 3 N–H and O–H groups in total. The summed E-state index contributed by atoms with van der Waals surface area (Å²) in [6.07, 6.45) is 4.86. The smallest absolute Gasteiger partial charge is 0.315 e. The summed E-state index contributed by atoms with van der Waals surface area (Å²) in [6, 6.07) is 9.84. The number of aliphatic carboxylic acids is 1.